The van der Waals surface area contributed by atoms with Crippen LogP contribution in [0.1, 0.15) is 119 Å². The van der Waals surface area contributed by atoms with E-state index >= 15 is 0 Å². The van der Waals surface area contributed by atoms with E-state index in [9.17, 15) is 19.2 Å². The molecule has 68 heavy (non-hydrogen) atoms. The van der Waals surface area contributed by atoms with Gasteiger partial charge in [0.05, 0.1) is 42.7 Å². The van der Waals surface area contributed by atoms with Gasteiger partial charge in [0.1, 0.15) is 18.0 Å². The summed E-state index contributed by atoms with van der Waals surface area (Å²) in [7, 11) is 13.5. The van der Waals surface area contributed by atoms with E-state index in [0.717, 1.165) is 36.8 Å². The molecule has 1 amide bonds. The molecule has 0 aromatic carbocycles. The number of ketones is 1. The first kappa shape index (κ1) is 60.9. The van der Waals surface area contributed by atoms with E-state index in [4.69, 9.17) is 42.6 Å². The fraction of sp³-hybridized carbons (Fsp3) is 0.778. The smallest absolute Gasteiger partial charge is 0.331 e. The largest absolute Gasteiger partial charge is 0.458 e. The van der Waals surface area contributed by atoms with E-state index in [1.165, 1.54) is 6.08 Å². The van der Waals surface area contributed by atoms with Crippen LogP contribution in [0.15, 0.2) is 47.6 Å². The van der Waals surface area contributed by atoms with Crippen molar-refractivity contribution in [2.24, 2.45) is 35.5 Å². The van der Waals surface area contributed by atoms with E-state index in [1.54, 1.807) is 73.9 Å². The lowest BCUT2D eigenvalue weighted by Gasteiger charge is -2.36. The van der Waals surface area contributed by atoms with Crippen molar-refractivity contribution in [3.05, 3.63) is 47.6 Å². The lowest BCUT2D eigenvalue weighted by molar-refractivity contribution is -0.152. The van der Waals surface area contributed by atoms with Crippen molar-refractivity contribution in [1.29, 1.82) is 0 Å². The van der Waals surface area contributed by atoms with Crippen molar-refractivity contribution in [2.75, 3.05) is 63.4 Å². The van der Waals surface area contributed by atoms with Gasteiger partial charge in [-0.1, -0.05) is 77.0 Å². The Morgan fingerprint density at radius 1 is 0.809 bits per heavy atom. The molecule has 0 fully saturated rings. The Hall–Kier alpha value is -3.24. The van der Waals surface area contributed by atoms with Crippen molar-refractivity contribution in [3.63, 3.8) is 0 Å². The molecular weight excluding hydrogens is 871 g/mol. The number of fused-ring (bicyclic) bond motifs is 2. The minimum absolute atomic E-state index is 0.0484. The monoisotopic (exact) mass is 962 g/mol. The molecule has 0 spiro atoms. The van der Waals surface area contributed by atoms with Crippen LogP contribution in [0.25, 0.3) is 0 Å². The zero-order valence-corrected chi connectivity index (χ0v) is 44.4. The predicted molar refractivity (Wildman–Crippen MR) is 265 cm³/mol. The zero-order chi connectivity index (χ0) is 50.9. The summed E-state index contributed by atoms with van der Waals surface area (Å²) in [5, 5.41) is 0. The van der Waals surface area contributed by atoms with E-state index < -0.39 is 12.1 Å². The van der Waals surface area contributed by atoms with Crippen molar-refractivity contribution in [3.8, 4) is 0 Å². The van der Waals surface area contributed by atoms with E-state index in [-0.39, 0.29) is 96.1 Å². The Bertz CT molecular complexity index is 1610. The topological polar surface area (TPSA) is 155 Å². The average Bonchev–Trinajstić information content (AvgIpc) is 3.32. The normalized spacial score (nSPS) is 31.6. The van der Waals surface area contributed by atoms with Crippen LogP contribution in [-0.2, 0) is 61.8 Å². The van der Waals surface area contributed by atoms with E-state index in [2.05, 4.69) is 26.8 Å². The number of rotatable bonds is 20. The molecule has 2 heterocycles. The summed E-state index contributed by atoms with van der Waals surface area (Å²) in [5.41, 5.74) is 1.95. The van der Waals surface area contributed by atoms with Gasteiger partial charge in [-0.2, -0.15) is 0 Å². The first-order chi connectivity index (χ1) is 32.4. The van der Waals surface area contributed by atoms with Crippen LogP contribution in [-0.4, -0.2) is 147 Å². The van der Waals surface area contributed by atoms with Gasteiger partial charge in [0.15, 0.2) is 0 Å². The van der Waals surface area contributed by atoms with Crippen LogP contribution in [0.5, 0.6) is 0 Å². The van der Waals surface area contributed by atoms with Crippen LogP contribution in [0.4, 0.5) is 0 Å². The molecule has 0 saturated carbocycles. The molecule has 14 heteroatoms. The summed E-state index contributed by atoms with van der Waals surface area (Å²) in [4.78, 5) is 52.8. The van der Waals surface area contributed by atoms with Gasteiger partial charge in [0, 0.05) is 125 Å². The number of esters is 2. The average molecular weight is 962 g/mol. The number of methoxy groups -OCH3 is 7. The van der Waals surface area contributed by atoms with E-state index in [0.29, 0.717) is 57.9 Å². The molecule has 0 aliphatic carbocycles. The second-order valence-corrected chi connectivity index (χ2v) is 19.7. The van der Waals surface area contributed by atoms with Gasteiger partial charge < -0.3 is 47.5 Å². The summed E-state index contributed by atoms with van der Waals surface area (Å²) in [6, 6.07) is 0. The van der Waals surface area contributed by atoms with Gasteiger partial charge in [0.25, 0.3) is 0 Å². The maximum atomic E-state index is 13.7. The fourth-order valence-electron chi connectivity index (χ4n) is 9.99. The Labute approximate surface area is 410 Å². The number of allylic oxidation sites excluding steroid dienone is 2. The predicted octanol–water partition coefficient (Wildman–Crippen LogP) is 8.69. The number of carbonyl (C=O) groups excluding carboxylic acids is 4. The van der Waals surface area contributed by atoms with Crippen molar-refractivity contribution in [1.82, 2.24) is 4.90 Å². The molecule has 0 radical (unpaired) electrons. The van der Waals surface area contributed by atoms with Crippen molar-refractivity contribution in [2.45, 2.75) is 174 Å². The minimum atomic E-state index is -0.590. The number of cyclic esters (lactones) is 1. The van der Waals surface area contributed by atoms with Crippen LogP contribution < -0.4 is 0 Å². The molecule has 14 nitrogen and oxygen atoms in total. The number of Topliss-reactive ketones (excluding diaryl/α,β-unsaturated/α-hetero) is 1. The molecule has 2 bridgehead atoms. The van der Waals surface area contributed by atoms with E-state index in [1.807, 2.05) is 39.8 Å². The highest BCUT2D eigenvalue weighted by atomic mass is 16.6. The molecular formula is C54H91NO13. The van der Waals surface area contributed by atoms with Crippen LogP contribution in [0.3, 0.4) is 0 Å². The Balaban J connectivity index is 2.46. The third kappa shape index (κ3) is 20.6. The van der Waals surface area contributed by atoms with Crippen molar-refractivity contribution >= 4 is 24.1 Å². The molecule has 0 saturated heterocycles. The van der Waals surface area contributed by atoms with Gasteiger partial charge in [-0.15, -0.1) is 0 Å². The number of hydrogen-bond donors (Lipinski definition) is 0. The van der Waals surface area contributed by atoms with Gasteiger partial charge in [-0.3, -0.25) is 9.59 Å². The summed E-state index contributed by atoms with van der Waals surface area (Å²) in [6.45, 7) is 14.9. The number of nitrogens with zero attached hydrogens (tertiary/aromatic N) is 1. The van der Waals surface area contributed by atoms with Gasteiger partial charge >= 0.3 is 11.9 Å². The third-order valence-electron chi connectivity index (χ3n) is 14.7. The molecule has 0 aromatic heterocycles. The maximum Gasteiger partial charge on any atom is 0.331 e. The lowest BCUT2D eigenvalue weighted by atomic mass is 9.81. The van der Waals surface area contributed by atoms with Gasteiger partial charge in [-0.05, 0) is 63.7 Å². The number of hydrogen-bond acceptors (Lipinski definition) is 13. The Morgan fingerprint density at radius 3 is 2.10 bits per heavy atom. The lowest BCUT2D eigenvalue weighted by Crippen LogP contribution is -2.41. The molecule has 0 unspecified atom stereocenters. The molecule has 2 aliphatic heterocycles. The fourth-order valence-corrected chi connectivity index (χ4v) is 9.99. The molecule has 2 rings (SSSR count). The first-order valence-corrected chi connectivity index (χ1v) is 24.9. The van der Waals surface area contributed by atoms with Crippen LogP contribution in [0.2, 0.25) is 0 Å². The van der Waals surface area contributed by atoms with Gasteiger partial charge in [-0.25, -0.2) is 9.59 Å². The highest BCUT2D eigenvalue weighted by Crippen LogP contribution is 2.33. The highest BCUT2D eigenvalue weighted by Gasteiger charge is 2.37. The molecule has 2 aliphatic rings. The zero-order valence-electron chi connectivity index (χ0n) is 44.4. The Kier molecular flexibility index (Phi) is 29.2. The standard InChI is InChI=1S/C54H91NO13/c1-35-18-16-20-51(58)68-54(41(7)53(66-15)37(3)23-26-46(57)39(5)47(63-12)19-17-27-55(8)34-56)38(4)22-25-43(60-9)32-48(64-13)36(2)21-24-44(61-10)33-49(65-14)40(6)50-30-42(31-52(59)67-50)29-45(28-35)62-11/h16,18,20,22,25,31,34,36-41,43-45,47-50,53-54H,17,19,21,23-24,26-30,32-33H2,1-15H3/b20-16+,25-22+,35-18+/t36-,37-,38-,39-,40+,41-,43-,44+,45+,47+,48-,49-,50+,53-,54-/m0/s1. The second-order valence-electron chi connectivity index (χ2n) is 19.7. The number of amides is 1. The SMILES string of the molecule is CO[C@@H]1CC[C@H](C)[C@@H](OC)C[C@@H](OC)/C=C/[C@H](C)[C@@H]([C@@H](C)[C@@H](OC)[C@@H](C)CCC(=O)[C@H](C)[C@@H](CCCN(C)C=O)OC)OC(=O)/C=C/C=C(\C)C[C@@H](OC)CC2=CC(=O)O[C@H](C2)[C@H](C)[C@@H](OC)C1. The van der Waals surface area contributed by atoms with Crippen molar-refractivity contribution < 1.29 is 61.8 Å². The highest BCUT2D eigenvalue weighted by molar-refractivity contribution is 5.84. The first-order valence-electron chi connectivity index (χ1n) is 24.9. The molecule has 0 N–H and O–H groups in total. The second kappa shape index (κ2) is 32.6. The molecule has 0 aromatic rings. The summed E-state index contributed by atoms with van der Waals surface area (Å²) in [6.07, 6.45) is 16.0. The van der Waals surface area contributed by atoms with Crippen LogP contribution in [0, 0.1) is 35.5 Å². The third-order valence-corrected chi connectivity index (χ3v) is 14.7. The molecule has 390 valence electrons. The summed E-state index contributed by atoms with van der Waals surface area (Å²) in [5.74, 6) is -1.51. The van der Waals surface area contributed by atoms with Gasteiger partial charge in [0.2, 0.25) is 6.41 Å². The van der Waals surface area contributed by atoms with Crippen LogP contribution >= 0.6 is 0 Å². The quantitative estimate of drug-likeness (QED) is 0.0650. The summed E-state index contributed by atoms with van der Waals surface area (Å²) < 4.78 is 54.1. The molecule has 15 atom stereocenters. The maximum absolute atomic E-state index is 13.7. The number of ether oxygens (including phenoxy) is 9. The Morgan fingerprint density at radius 2 is 1.50 bits per heavy atom. The summed E-state index contributed by atoms with van der Waals surface area (Å²) >= 11 is 0. The number of carbonyl (C=O) groups is 4. The minimum Gasteiger partial charge on any atom is -0.458 e.